The van der Waals surface area contributed by atoms with Gasteiger partial charge in [0.05, 0.1) is 0 Å². The largest absolute Gasteiger partial charge is 0.310 e. The number of anilines is 1. The summed E-state index contributed by atoms with van der Waals surface area (Å²) in [4.78, 5) is 16.7. The fourth-order valence-corrected chi connectivity index (χ4v) is 3.25. The Morgan fingerprint density at radius 1 is 1.42 bits per heavy atom. The topological polar surface area (TPSA) is 42.0 Å². The highest BCUT2D eigenvalue weighted by Gasteiger charge is 2.41. The van der Waals surface area contributed by atoms with Crippen LogP contribution < -0.4 is 5.32 Å². The van der Waals surface area contributed by atoms with Crippen molar-refractivity contribution in [3.8, 4) is 0 Å². The van der Waals surface area contributed by atoms with E-state index in [2.05, 4.69) is 24.1 Å². The van der Waals surface area contributed by atoms with Gasteiger partial charge in [0.1, 0.15) is 11.0 Å². The van der Waals surface area contributed by atoms with Crippen molar-refractivity contribution >= 4 is 23.3 Å². The smallest absolute Gasteiger partial charge is 0.231 e. The summed E-state index contributed by atoms with van der Waals surface area (Å²) in [6.07, 6.45) is 5.20. The van der Waals surface area contributed by atoms with E-state index in [4.69, 9.17) is 11.6 Å². The van der Waals surface area contributed by atoms with Gasteiger partial charge in [0.15, 0.2) is 0 Å². The Bertz CT molecular complexity index is 453. The summed E-state index contributed by atoms with van der Waals surface area (Å²) in [6, 6.07) is 5.28. The second-order valence-electron chi connectivity index (χ2n) is 5.89. The third-order valence-corrected chi connectivity index (χ3v) is 4.01. The zero-order chi connectivity index (χ0) is 13.9. The van der Waals surface area contributed by atoms with Gasteiger partial charge < -0.3 is 5.32 Å². The number of nitrogens with one attached hydrogen (secondary N) is 1. The fourth-order valence-electron chi connectivity index (χ4n) is 3.08. The summed E-state index contributed by atoms with van der Waals surface area (Å²) >= 11 is 5.84. The Morgan fingerprint density at radius 3 is 2.68 bits per heavy atom. The molecule has 1 N–H and O–H groups in total. The number of carbonyl (C=O) groups excluding carboxylic acids is 1. The predicted octanol–water partition coefficient (Wildman–Crippen LogP) is 4.28. The molecule has 1 fully saturated rings. The number of nitrogens with zero attached hydrogens (tertiary/aromatic N) is 1. The van der Waals surface area contributed by atoms with Crippen molar-refractivity contribution in [1.29, 1.82) is 0 Å². The normalized spacial score (nSPS) is 17.7. The molecule has 0 aromatic carbocycles. The van der Waals surface area contributed by atoms with E-state index in [-0.39, 0.29) is 11.3 Å². The number of rotatable bonds is 4. The molecule has 4 heteroatoms. The minimum absolute atomic E-state index is 0.105. The van der Waals surface area contributed by atoms with Crippen molar-refractivity contribution in [2.24, 2.45) is 11.3 Å². The van der Waals surface area contributed by atoms with Crippen LogP contribution in [0.4, 0.5) is 5.82 Å². The Morgan fingerprint density at radius 2 is 2.11 bits per heavy atom. The van der Waals surface area contributed by atoms with E-state index in [1.807, 2.05) is 0 Å². The molecule has 0 unspecified atom stereocenters. The van der Waals surface area contributed by atoms with Crippen molar-refractivity contribution in [1.82, 2.24) is 4.98 Å². The van der Waals surface area contributed by atoms with Gasteiger partial charge in [-0.25, -0.2) is 4.98 Å². The molecular formula is C15H21ClN2O. The second kappa shape index (κ2) is 5.91. The molecule has 2 rings (SSSR count). The van der Waals surface area contributed by atoms with Crippen molar-refractivity contribution in [3.63, 3.8) is 0 Å². The molecule has 1 amide bonds. The first-order chi connectivity index (χ1) is 9.02. The van der Waals surface area contributed by atoms with Crippen molar-refractivity contribution in [3.05, 3.63) is 23.4 Å². The number of halogens is 1. The van der Waals surface area contributed by atoms with Gasteiger partial charge in [-0.2, -0.15) is 0 Å². The first-order valence-electron chi connectivity index (χ1n) is 6.96. The first kappa shape index (κ1) is 14.3. The summed E-state index contributed by atoms with van der Waals surface area (Å²) < 4.78 is 0. The maximum atomic E-state index is 12.6. The molecule has 3 nitrogen and oxygen atoms in total. The van der Waals surface area contributed by atoms with Gasteiger partial charge in [0.25, 0.3) is 0 Å². The number of aromatic nitrogens is 1. The van der Waals surface area contributed by atoms with Crippen LogP contribution >= 0.6 is 11.6 Å². The SMILES string of the molecule is CC(C)CC1(C(=O)Nc2cccc(Cl)n2)CCCC1. The minimum atomic E-state index is -0.210. The summed E-state index contributed by atoms with van der Waals surface area (Å²) in [6.45, 7) is 4.34. The zero-order valence-electron chi connectivity index (χ0n) is 11.6. The van der Waals surface area contributed by atoms with Crippen LogP contribution in [0.2, 0.25) is 5.15 Å². The zero-order valence-corrected chi connectivity index (χ0v) is 12.3. The molecule has 0 aliphatic heterocycles. The van der Waals surface area contributed by atoms with Gasteiger partial charge >= 0.3 is 0 Å². The van der Waals surface area contributed by atoms with E-state index in [0.29, 0.717) is 16.9 Å². The van der Waals surface area contributed by atoms with Crippen LogP contribution in [-0.2, 0) is 4.79 Å². The van der Waals surface area contributed by atoms with Gasteiger partial charge in [-0.3, -0.25) is 4.79 Å². The van der Waals surface area contributed by atoms with E-state index in [9.17, 15) is 4.79 Å². The number of pyridine rings is 1. The molecule has 104 valence electrons. The molecule has 1 aromatic rings. The molecule has 1 saturated carbocycles. The van der Waals surface area contributed by atoms with Gasteiger partial charge in [-0.05, 0) is 37.3 Å². The van der Waals surface area contributed by atoms with E-state index < -0.39 is 0 Å². The van der Waals surface area contributed by atoms with Gasteiger partial charge in [-0.15, -0.1) is 0 Å². The third kappa shape index (κ3) is 3.47. The van der Waals surface area contributed by atoms with Crippen LogP contribution in [0.15, 0.2) is 18.2 Å². The summed E-state index contributed by atoms with van der Waals surface area (Å²) in [5.41, 5.74) is -0.210. The summed E-state index contributed by atoms with van der Waals surface area (Å²) in [5, 5.41) is 3.34. The highest BCUT2D eigenvalue weighted by molar-refractivity contribution is 6.29. The highest BCUT2D eigenvalue weighted by Crippen LogP contribution is 2.43. The molecule has 0 bridgehead atoms. The van der Waals surface area contributed by atoms with Crippen LogP contribution in [0.25, 0.3) is 0 Å². The lowest BCUT2D eigenvalue weighted by Crippen LogP contribution is -2.35. The Balaban J connectivity index is 2.12. The lowest BCUT2D eigenvalue weighted by molar-refractivity contribution is -0.126. The van der Waals surface area contributed by atoms with Crippen LogP contribution in [0.3, 0.4) is 0 Å². The lowest BCUT2D eigenvalue weighted by atomic mass is 9.77. The van der Waals surface area contributed by atoms with Gasteiger partial charge in [0, 0.05) is 5.41 Å². The molecular weight excluding hydrogens is 260 g/mol. The van der Waals surface area contributed by atoms with Crippen LogP contribution in [-0.4, -0.2) is 10.9 Å². The number of hydrogen-bond donors (Lipinski definition) is 1. The maximum absolute atomic E-state index is 12.6. The Kier molecular flexibility index (Phi) is 4.46. The third-order valence-electron chi connectivity index (χ3n) is 3.80. The maximum Gasteiger partial charge on any atom is 0.231 e. The standard InChI is InChI=1S/C15H21ClN2O/c1-11(2)10-15(8-3-4-9-15)14(19)18-13-7-5-6-12(16)17-13/h5-7,11H,3-4,8-10H2,1-2H3,(H,17,18,19). The van der Waals surface area contributed by atoms with Crippen LogP contribution in [0.5, 0.6) is 0 Å². The lowest BCUT2D eigenvalue weighted by Gasteiger charge is -2.29. The van der Waals surface area contributed by atoms with E-state index in [0.717, 1.165) is 32.1 Å². The van der Waals surface area contributed by atoms with Crippen molar-refractivity contribution in [2.45, 2.75) is 46.0 Å². The molecule has 0 atom stereocenters. The van der Waals surface area contributed by atoms with Crippen LogP contribution in [0.1, 0.15) is 46.0 Å². The number of hydrogen-bond acceptors (Lipinski definition) is 2. The van der Waals surface area contributed by atoms with Gasteiger partial charge in [-0.1, -0.05) is 44.4 Å². The molecule has 1 aliphatic carbocycles. The molecule has 1 heterocycles. The summed E-state index contributed by atoms with van der Waals surface area (Å²) in [5.74, 6) is 1.18. The van der Waals surface area contributed by atoms with E-state index in [1.165, 1.54) is 0 Å². The first-order valence-corrected chi connectivity index (χ1v) is 7.34. The quantitative estimate of drug-likeness (QED) is 0.837. The summed E-state index contributed by atoms with van der Waals surface area (Å²) in [7, 11) is 0. The van der Waals surface area contributed by atoms with Gasteiger partial charge in [0.2, 0.25) is 5.91 Å². The average molecular weight is 281 g/mol. The molecule has 0 saturated heterocycles. The molecule has 1 aliphatic rings. The number of amides is 1. The Labute approximate surface area is 119 Å². The molecule has 0 radical (unpaired) electrons. The van der Waals surface area contributed by atoms with E-state index in [1.54, 1.807) is 18.2 Å². The Hall–Kier alpha value is -1.09. The minimum Gasteiger partial charge on any atom is -0.310 e. The predicted molar refractivity (Wildman–Crippen MR) is 78.2 cm³/mol. The molecule has 19 heavy (non-hydrogen) atoms. The van der Waals surface area contributed by atoms with Crippen molar-refractivity contribution < 1.29 is 4.79 Å². The highest BCUT2D eigenvalue weighted by atomic mass is 35.5. The number of carbonyl (C=O) groups is 1. The molecule has 1 aromatic heterocycles. The van der Waals surface area contributed by atoms with Crippen molar-refractivity contribution in [2.75, 3.05) is 5.32 Å². The second-order valence-corrected chi connectivity index (χ2v) is 6.27. The molecule has 0 spiro atoms. The van der Waals surface area contributed by atoms with E-state index >= 15 is 0 Å². The monoisotopic (exact) mass is 280 g/mol. The average Bonchev–Trinajstić information content (AvgIpc) is 2.78. The fraction of sp³-hybridized carbons (Fsp3) is 0.600. The van der Waals surface area contributed by atoms with Crippen LogP contribution in [0, 0.1) is 11.3 Å².